The highest BCUT2D eigenvalue weighted by atomic mass is 19.4. The molecule has 0 aromatic heterocycles. The fourth-order valence-electron chi connectivity index (χ4n) is 3.23. The Morgan fingerprint density at radius 1 is 1.28 bits per heavy atom. The van der Waals surface area contributed by atoms with Crippen molar-refractivity contribution < 1.29 is 37.4 Å². The minimum atomic E-state index is -4.52. The van der Waals surface area contributed by atoms with E-state index in [1.165, 1.54) is 4.90 Å². The molecule has 0 aromatic carbocycles. The number of carbonyl (C=O) groups excluding carboxylic acids is 2. The average Bonchev–Trinajstić information content (AvgIpc) is 2.87. The number of alkyl halides is 3. The van der Waals surface area contributed by atoms with Crippen LogP contribution in [0.25, 0.3) is 0 Å². The van der Waals surface area contributed by atoms with Gasteiger partial charge >= 0.3 is 12.1 Å². The van der Waals surface area contributed by atoms with E-state index in [1.807, 2.05) is 0 Å². The maximum absolute atomic E-state index is 12.7. The first-order chi connectivity index (χ1) is 11.7. The molecule has 2 rings (SSSR count). The van der Waals surface area contributed by atoms with E-state index in [9.17, 15) is 27.6 Å². The number of ether oxygens (including phenoxy) is 1. The molecule has 2 aliphatic heterocycles. The fourth-order valence-corrected chi connectivity index (χ4v) is 3.23. The first kappa shape index (κ1) is 19.5. The SMILES string of the molecule is O=C(O)CCN(C(=O)[C@H]1CC(=O)N(CC(F)(F)F)C1)C1CCOCC1. The van der Waals surface area contributed by atoms with Gasteiger partial charge in [-0.3, -0.25) is 14.4 Å². The molecule has 7 nitrogen and oxygen atoms in total. The molecule has 10 heteroatoms. The highest BCUT2D eigenvalue weighted by Gasteiger charge is 2.42. The van der Waals surface area contributed by atoms with E-state index >= 15 is 0 Å². The lowest BCUT2D eigenvalue weighted by Crippen LogP contribution is -2.47. The number of hydrogen-bond donors (Lipinski definition) is 1. The Kier molecular flexibility index (Phi) is 6.26. The Morgan fingerprint density at radius 2 is 1.92 bits per heavy atom. The molecule has 0 bridgehead atoms. The average molecular weight is 366 g/mol. The third-order valence-electron chi connectivity index (χ3n) is 4.42. The van der Waals surface area contributed by atoms with Crippen molar-refractivity contribution in [3.63, 3.8) is 0 Å². The Hall–Kier alpha value is -1.84. The molecular weight excluding hydrogens is 345 g/mol. The summed E-state index contributed by atoms with van der Waals surface area (Å²) in [6.45, 7) is -0.814. The lowest BCUT2D eigenvalue weighted by Gasteiger charge is -2.35. The number of carboxylic acid groups (broad SMARTS) is 1. The van der Waals surface area contributed by atoms with Crippen molar-refractivity contribution in [2.24, 2.45) is 5.92 Å². The molecule has 0 spiro atoms. The van der Waals surface area contributed by atoms with Gasteiger partial charge in [0.15, 0.2) is 0 Å². The van der Waals surface area contributed by atoms with Crippen molar-refractivity contribution >= 4 is 17.8 Å². The fraction of sp³-hybridized carbons (Fsp3) is 0.800. The summed E-state index contributed by atoms with van der Waals surface area (Å²) in [4.78, 5) is 37.4. The third kappa shape index (κ3) is 5.58. The van der Waals surface area contributed by atoms with Gasteiger partial charge in [-0.15, -0.1) is 0 Å². The first-order valence-corrected chi connectivity index (χ1v) is 8.12. The second-order valence-electron chi connectivity index (χ2n) is 6.31. The Balaban J connectivity index is 2.04. The highest BCUT2D eigenvalue weighted by molar-refractivity contribution is 5.89. The standard InChI is InChI=1S/C15H21F3N2O5/c16-15(17,18)9-19-8-10(7-12(19)21)14(24)20(4-1-13(22)23)11-2-5-25-6-3-11/h10-11H,1-9H2,(H,22,23)/t10-/m0/s1. The van der Waals surface area contributed by atoms with E-state index < -0.39 is 36.4 Å². The predicted molar refractivity (Wildman–Crippen MR) is 78.5 cm³/mol. The van der Waals surface area contributed by atoms with E-state index in [4.69, 9.17) is 9.84 Å². The molecule has 2 saturated heterocycles. The van der Waals surface area contributed by atoms with Crippen molar-refractivity contribution in [3.05, 3.63) is 0 Å². The number of nitrogens with zero attached hydrogens (tertiary/aromatic N) is 2. The van der Waals surface area contributed by atoms with Gasteiger partial charge in [-0.05, 0) is 12.8 Å². The van der Waals surface area contributed by atoms with Crippen LogP contribution in [0.4, 0.5) is 13.2 Å². The van der Waals surface area contributed by atoms with Crippen LogP contribution in [-0.4, -0.2) is 77.8 Å². The monoisotopic (exact) mass is 366 g/mol. The number of halogens is 3. The van der Waals surface area contributed by atoms with Crippen LogP contribution in [0.3, 0.4) is 0 Å². The molecule has 2 amide bonds. The summed E-state index contributed by atoms with van der Waals surface area (Å²) in [7, 11) is 0. The van der Waals surface area contributed by atoms with E-state index in [0.29, 0.717) is 31.0 Å². The number of amides is 2. The van der Waals surface area contributed by atoms with Gasteiger partial charge in [0.1, 0.15) is 6.54 Å². The second kappa shape index (κ2) is 8.03. The van der Waals surface area contributed by atoms with Crippen LogP contribution in [0.15, 0.2) is 0 Å². The summed E-state index contributed by atoms with van der Waals surface area (Å²) < 4.78 is 42.7. The molecule has 0 saturated carbocycles. The zero-order valence-corrected chi connectivity index (χ0v) is 13.6. The van der Waals surface area contributed by atoms with Crippen molar-refractivity contribution in [2.75, 3.05) is 32.8 Å². The van der Waals surface area contributed by atoms with Gasteiger partial charge in [0, 0.05) is 38.8 Å². The number of likely N-dealkylation sites (tertiary alicyclic amines) is 1. The van der Waals surface area contributed by atoms with Crippen molar-refractivity contribution in [3.8, 4) is 0 Å². The minimum Gasteiger partial charge on any atom is -0.481 e. The summed E-state index contributed by atoms with van der Waals surface area (Å²) >= 11 is 0. The van der Waals surface area contributed by atoms with Crippen LogP contribution < -0.4 is 0 Å². The van der Waals surface area contributed by atoms with Gasteiger partial charge in [0.2, 0.25) is 11.8 Å². The zero-order valence-electron chi connectivity index (χ0n) is 13.6. The maximum atomic E-state index is 12.7. The van der Waals surface area contributed by atoms with Gasteiger partial charge in [0.25, 0.3) is 0 Å². The molecule has 0 aromatic rings. The van der Waals surface area contributed by atoms with Gasteiger partial charge < -0.3 is 19.6 Å². The Morgan fingerprint density at radius 3 is 2.48 bits per heavy atom. The number of carbonyl (C=O) groups is 3. The number of rotatable bonds is 6. The normalized spacial score (nSPS) is 22.3. The maximum Gasteiger partial charge on any atom is 0.406 e. The Labute approximate surface area is 142 Å². The van der Waals surface area contributed by atoms with E-state index in [-0.39, 0.29) is 32.0 Å². The lowest BCUT2D eigenvalue weighted by atomic mass is 10.0. The first-order valence-electron chi connectivity index (χ1n) is 8.12. The molecule has 2 aliphatic rings. The molecule has 25 heavy (non-hydrogen) atoms. The third-order valence-corrected chi connectivity index (χ3v) is 4.42. The van der Waals surface area contributed by atoms with Crippen LogP contribution in [0.5, 0.6) is 0 Å². The molecule has 1 atom stereocenters. The lowest BCUT2D eigenvalue weighted by molar-refractivity contribution is -0.157. The minimum absolute atomic E-state index is 0.0250. The van der Waals surface area contributed by atoms with E-state index in [1.54, 1.807) is 0 Å². The van der Waals surface area contributed by atoms with Gasteiger partial charge in [-0.2, -0.15) is 13.2 Å². The van der Waals surface area contributed by atoms with Gasteiger partial charge in [-0.1, -0.05) is 0 Å². The van der Waals surface area contributed by atoms with Gasteiger partial charge in [-0.25, -0.2) is 0 Å². The largest absolute Gasteiger partial charge is 0.481 e. The molecule has 0 aliphatic carbocycles. The molecular formula is C15H21F3N2O5. The smallest absolute Gasteiger partial charge is 0.406 e. The van der Waals surface area contributed by atoms with E-state index in [0.717, 1.165) is 0 Å². The molecule has 1 N–H and O–H groups in total. The van der Waals surface area contributed by atoms with Gasteiger partial charge in [0.05, 0.1) is 12.3 Å². The molecule has 0 unspecified atom stereocenters. The Bertz CT molecular complexity index is 520. The highest BCUT2D eigenvalue weighted by Crippen LogP contribution is 2.27. The van der Waals surface area contributed by atoms with Crippen LogP contribution >= 0.6 is 0 Å². The van der Waals surface area contributed by atoms with Crippen LogP contribution in [-0.2, 0) is 19.1 Å². The molecule has 2 fully saturated rings. The van der Waals surface area contributed by atoms with Crippen molar-refractivity contribution in [1.29, 1.82) is 0 Å². The van der Waals surface area contributed by atoms with Crippen LogP contribution in [0, 0.1) is 5.92 Å². The zero-order chi connectivity index (χ0) is 18.6. The number of carboxylic acids is 1. The topological polar surface area (TPSA) is 87.2 Å². The summed E-state index contributed by atoms with van der Waals surface area (Å²) in [6.07, 6.45) is -3.97. The second-order valence-corrected chi connectivity index (χ2v) is 6.31. The summed E-state index contributed by atoms with van der Waals surface area (Å²) in [5.74, 6) is -3.09. The molecule has 142 valence electrons. The predicted octanol–water partition coefficient (Wildman–Crippen LogP) is 0.879. The van der Waals surface area contributed by atoms with Crippen molar-refractivity contribution in [2.45, 2.75) is 37.9 Å². The van der Waals surface area contributed by atoms with E-state index in [2.05, 4.69) is 0 Å². The molecule has 0 radical (unpaired) electrons. The number of aliphatic carboxylic acids is 1. The summed E-state index contributed by atoms with van der Waals surface area (Å²) in [5, 5.41) is 8.87. The molecule has 2 heterocycles. The van der Waals surface area contributed by atoms with Crippen LogP contribution in [0.2, 0.25) is 0 Å². The van der Waals surface area contributed by atoms with Crippen molar-refractivity contribution in [1.82, 2.24) is 9.80 Å². The quantitative estimate of drug-likeness (QED) is 0.754. The number of hydrogen-bond acceptors (Lipinski definition) is 4. The van der Waals surface area contributed by atoms with Crippen LogP contribution in [0.1, 0.15) is 25.7 Å². The summed E-state index contributed by atoms with van der Waals surface area (Å²) in [5.41, 5.74) is 0. The summed E-state index contributed by atoms with van der Waals surface area (Å²) in [6, 6.07) is -0.215.